The molecule has 2 amide bonds. The molecular weight excluding hydrogens is 402 g/mol. The molecule has 1 atom stereocenters. The summed E-state index contributed by atoms with van der Waals surface area (Å²) in [5.74, 6) is 1.50. The molecule has 0 saturated carbocycles. The zero-order chi connectivity index (χ0) is 22.3. The number of carbonyl (C=O) groups excluding carboxylic acids is 2. The van der Waals surface area contributed by atoms with E-state index in [2.05, 4.69) is 39.1 Å². The Bertz CT molecular complexity index is 923. The van der Waals surface area contributed by atoms with Crippen LogP contribution in [0.1, 0.15) is 43.6 Å². The zero-order valence-corrected chi connectivity index (χ0v) is 18.4. The summed E-state index contributed by atoms with van der Waals surface area (Å²) in [6.07, 6.45) is 7.51. The minimum Gasteiger partial charge on any atom is -0.354 e. The Morgan fingerprint density at radius 2 is 1.88 bits per heavy atom. The Kier molecular flexibility index (Phi) is 7.14. The second kappa shape index (κ2) is 10.4. The molecule has 2 fully saturated rings. The minimum absolute atomic E-state index is 0.0514. The maximum atomic E-state index is 12.7. The first-order valence-corrected chi connectivity index (χ1v) is 11.5. The highest BCUT2D eigenvalue weighted by Crippen LogP contribution is 2.29. The van der Waals surface area contributed by atoms with E-state index in [9.17, 15) is 9.59 Å². The van der Waals surface area contributed by atoms with E-state index < -0.39 is 0 Å². The predicted octanol–water partition coefficient (Wildman–Crippen LogP) is 3.61. The number of anilines is 2. The second-order valence-corrected chi connectivity index (χ2v) is 8.61. The maximum Gasteiger partial charge on any atom is 0.229 e. The fourth-order valence-electron chi connectivity index (χ4n) is 4.57. The van der Waals surface area contributed by atoms with Gasteiger partial charge in [0.25, 0.3) is 0 Å². The van der Waals surface area contributed by atoms with Crippen LogP contribution in [0.4, 0.5) is 11.5 Å². The minimum atomic E-state index is -0.0559. The number of nitrogens with zero attached hydrogens (tertiary/aromatic N) is 4. The van der Waals surface area contributed by atoms with Crippen molar-refractivity contribution in [3.8, 4) is 0 Å². The molecule has 2 saturated heterocycles. The number of allylic oxidation sites excluding steroid dienone is 1. The van der Waals surface area contributed by atoms with E-state index in [0.29, 0.717) is 18.9 Å². The van der Waals surface area contributed by atoms with E-state index in [1.165, 1.54) is 5.56 Å². The van der Waals surface area contributed by atoms with Gasteiger partial charge in [0.1, 0.15) is 0 Å². The van der Waals surface area contributed by atoms with Crippen molar-refractivity contribution in [3.05, 3.63) is 60.8 Å². The lowest BCUT2D eigenvalue weighted by atomic mass is 9.89. The fraction of sp³-hybridized carbons (Fsp3) is 0.440. The normalized spacial score (nSPS) is 19.1. The van der Waals surface area contributed by atoms with Crippen LogP contribution in [-0.4, -0.2) is 53.1 Å². The Labute approximate surface area is 189 Å². The molecule has 2 aliphatic rings. The SMILES string of the molecule is C=CCCC(=O)N1CCC(c2ccc(NC(=O)[C@H]3CCN(c4cccnn4)C3)cc2)CC1. The maximum absolute atomic E-state index is 12.7. The van der Waals surface area contributed by atoms with Crippen LogP contribution in [0.15, 0.2) is 55.3 Å². The molecule has 7 nitrogen and oxygen atoms in total. The smallest absolute Gasteiger partial charge is 0.229 e. The van der Waals surface area contributed by atoms with Crippen LogP contribution in [0.5, 0.6) is 0 Å². The molecule has 3 heterocycles. The molecule has 0 radical (unpaired) electrons. The van der Waals surface area contributed by atoms with E-state index in [-0.39, 0.29) is 17.7 Å². The third kappa shape index (κ3) is 5.33. The molecule has 32 heavy (non-hydrogen) atoms. The van der Waals surface area contributed by atoms with Gasteiger partial charge in [-0.3, -0.25) is 9.59 Å². The molecule has 1 N–H and O–H groups in total. The first-order chi connectivity index (χ1) is 15.6. The van der Waals surface area contributed by atoms with E-state index in [0.717, 1.165) is 56.8 Å². The van der Waals surface area contributed by atoms with Crippen LogP contribution in [0.25, 0.3) is 0 Å². The number of amides is 2. The molecule has 0 spiro atoms. The van der Waals surface area contributed by atoms with Crippen molar-refractivity contribution in [2.75, 3.05) is 36.4 Å². The Morgan fingerprint density at radius 3 is 2.56 bits per heavy atom. The summed E-state index contributed by atoms with van der Waals surface area (Å²) in [5.41, 5.74) is 2.10. The summed E-state index contributed by atoms with van der Waals surface area (Å²) in [4.78, 5) is 29.0. The third-order valence-electron chi connectivity index (χ3n) is 6.50. The summed E-state index contributed by atoms with van der Waals surface area (Å²) in [7, 11) is 0. The molecule has 4 rings (SSSR count). The van der Waals surface area contributed by atoms with Crippen LogP contribution in [-0.2, 0) is 9.59 Å². The van der Waals surface area contributed by atoms with Crippen LogP contribution >= 0.6 is 0 Å². The van der Waals surface area contributed by atoms with E-state index >= 15 is 0 Å². The van der Waals surface area contributed by atoms with Gasteiger partial charge in [-0.15, -0.1) is 11.7 Å². The average molecular weight is 434 g/mol. The molecule has 1 aromatic heterocycles. The number of benzene rings is 1. The lowest BCUT2D eigenvalue weighted by Crippen LogP contribution is -2.37. The van der Waals surface area contributed by atoms with Crippen LogP contribution in [0.3, 0.4) is 0 Å². The summed E-state index contributed by atoms with van der Waals surface area (Å²) < 4.78 is 0. The quantitative estimate of drug-likeness (QED) is 0.675. The largest absolute Gasteiger partial charge is 0.354 e. The van der Waals surface area contributed by atoms with Crippen LogP contribution in [0.2, 0.25) is 0 Å². The van der Waals surface area contributed by atoms with Crippen molar-refractivity contribution in [3.63, 3.8) is 0 Å². The lowest BCUT2D eigenvalue weighted by molar-refractivity contribution is -0.132. The second-order valence-electron chi connectivity index (χ2n) is 8.61. The Hall–Kier alpha value is -3.22. The third-order valence-corrected chi connectivity index (χ3v) is 6.50. The van der Waals surface area contributed by atoms with Gasteiger partial charge in [0, 0.05) is 44.5 Å². The molecule has 0 unspecified atom stereocenters. The van der Waals surface area contributed by atoms with Gasteiger partial charge in [0.15, 0.2) is 5.82 Å². The number of rotatable bonds is 7. The summed E-state index contributed by atoms with van der Waals surface area (Å²) in [5, 5.41) is 11.1. The lowest BCUT2D eigenvalue weighted by Gasteiger charge is -2.32. The number of likely N-dealkylation sites (tertiary alicyclic amines) is 1. The van der Waals surface area contributed by atoms with Gasteiger partial charge in [0.2, 0.25) is 11.8 Å². The zero-order valence-electron chi connectivity index (χ0n) is 18.4. The topological polar surface area (TPSA) is 78.4 Å². The Balaban J connectivity index is 1.26. The first kappa shape index (κ1) is 22.0. The summed E-state index contributed by atoms with van der Waals surface area (Å²) >= 11 is 0. The molecule has 1 aromatic carbocycles. The van der Waals surface area contributed by atoms with Crippen LogP contribution in [0, 0.1) is 5.92 Å². The van der Waals surface area contributed by atoms with Gasteiger partial charge < -0.3 is 15.1 Å². The van der Waals surface area contributed by atoms with Crippen LogP contribution < -0.4 is 10.2 Å². The summed E-state index contributed by atoms with van der Waals surface area (Å²) in [6, 6.07) is 12.0. The average Bonchev–Trinajstić information content (AvgIpc) is 3.34. The predicted molar refractivity (Wildman–Crippen MR) is 125 cm³/mol. The van der Waals surface area contributed by atoms with Gasteiger partial charge in [-0.25, -0.2) is 0 Å². The first-order valence-electron chi connectivity index (χ1n) is 11.5. The molecular formula is C25H31N5O2. The summed E-state index contributed by atoms with van der Waals surface area (Å²) in [6.45, 7) is 6.78. The molecule has 2 aromatic rings. The highest BCUT2D eigenvalue weighted by atomic mass is 16.2. The van der Waals surface area contributed by atoms with Crippen molar-refractivity contribution in [1.29, 1.82) is 0 Å². The standard InChI is InChI=1S/C25H31N5O2/c1-2-3-6-24(31)29-15-11-20(12-16-29)19-7-9-22(10-8-19)27-25(32)21-13-17-30(18-21)23-5-4-14-26-28-23/h2,4-5,7-10,14,20-21H,1,3,6,11-13,15-18H2,(H,27,32)/t21-/m0/s1. The molecule has 0 aliphatic carbocycles. The number of hydrogen-bond acceptors (Lipinski definition) is 5. The van der Waals surface area contributed by atoms with Gasteiger partial charge >= 0.3 is 0 Å². The van der Waals surface area contributed by atoms with Crippen molar-refractivity contribution in [1.82, 2.24) is 15.1 Å². The van der Waals surface area contributed by atoms with Gasteiger partial charge in [0.05, 0.1) is 5.92 Å². The monoisotopic (exact) mass is 433 g/mol. The number of piperidine rings is 1. The fourth-order valence-corrected chi connectivity index (χ4v) is 4.57. The van der Waals surface area contributed by atoms with E-state index in [1.54, 1.807) is 12.3 Å². The van der Waals surface area contributed by atoms with E-state index in [4.69, 9.17) is 0 Å². The molecule has 168 valence electrons. The highest BCUT2D eigenvalue weighted by Gasteiger charge is 2.29. The number of nitrogens with one attached hydrogen (secondary N) is 1. The van der Waals surface area contributed by atoms with Gasteiger partial charge in [-0.1, -0.05) is 18.2 Å². The van der Waals surface area contributed by atoms with E-state index in [1.807, 2.05) is 29.2 Å². The number of hydrogen-bond donors (Lipinski definition) is 1. The van der Waals surface area contributed by atoms with Gasteiger partial charge in [-0.05, 0) is 61.4 Å². The van der Waals surface area contributed by atoms with Crippen molar-refractivity contribution in [2.24, 2.45) is 5.92 Å². The molecule has 2 aliphatic heterocycles. The molecule has 7 heteroatoms. The highest BCUT2D eigenvalue weighted by molar-refractivity contribution is 5.93. The number of aromatic nitrogens is 2. The van der Waals surface area contributed by atoms with Crippen molar-refractivity contribution >= 4 is 23.3 Å². The van der Waals surface area contributed by atoms with Gasteiger partial charge in [-0.2, -0.15) is 5.10 Å². The van der Waals surface area contributed by atoms with Crippen molar-refractivity contribution < 1.29 is 9.59 Å². The molecule has 0 bridgehead atoms. The Morgan fingerprint density at radius 1 is 1.09 bits per heavy atom. The van der Waals surface area contributed by atoms with Crippen molar-refractivity contribution in [2.45, 2.75) is 38.0 Å². The number of carbonyl (C=O) groups is 2.